The van der Waals surface area contributed by atoms with Gasteiger partial charge in [-0.05, 0) is 43.0 Å². The highest BCUT2D eigenvalue weighted by Crippen LogP contribution is 2.29. The molecule has 2 nitrogen and oxygen atoms in total. The van der Waals surface area contributed by atoms with Gasteiger partial charge in [-0.25, -0.2) is 12.8 Å². The third-order valence-corrected chi connectivity index (χ3v) is 5.42. The zero-order chi connectivity index (χ0) is 11.8. The maximum absolute atomic E-state index is 12.9. The maximum atomic E-state index is 12.9. The summed E-state index contributed by atoms with van der Waals surface area (Å²) < 4.78 is 36.7. The van der Waals surface area contributed by atoms with Crippen molar-refractivity contribution in [1.82, 2.24) is 0 Å². The lowest BCUT2D eigenvalue weighted by molar-refractivity contribution is 0.476. The van der Waals surface area contributed by atoms with E-state index in [-0.39, 0.29) is 16.8 Å². The third-order valence-electron chi connectivity index (χ3n) is 3.22. The molecule has 0 atom stereocenters. The van der Waals surface area contributed by atoms with Gasteiger partial charge in [0.05, 0.1) is 11.0 Å². The first-order valence-electron chi connectivity index (χ1n) is 5.45. The van der Waals surface area contributed by atoms with E-state index in [4.69, 9.17) is 0 Å². The summed E-state index contributed by atoms with van der Waals surface area (Å²) in [6, 6.07) is 4.27. The molecule has 1 aliphatic rings. The van der Waals surface area contributed by atoms with Crippen LogP contribution in [0.15, 0.2) is 18.2 Å². The Labute approximate surface area is 95.4 Å². The van der Waals surface area contributed by atoms with Gasteiger partial charge in [-0.15, -0.1) is 0 Å². The molecule has 0 amide bonds. The quantitative estimate of drug-likeness (QED) is 0.816. The van der Waals surface area contributed by atoms with E-state index in [0.29, 0.717) is 11.1 Å². The molecule has 1 fully saturated rings. The van der Waals surface area contributed by atoms with Crippen LogP contribution in [0.2, 0.25) is 0 Å². The van der Waals surface area contributed by atoms with Crippen LogP contribution in [0.4, 0.5) is 4.39 Å². The highest BCUT2D eigenvalue weighted by molar-refractivity contribution is 7.91. The average Bonchev–Trinajstić information content (AvgIpc) is 2.05. The van der Waals surface area contributed by atoms with Crippen molar-refractivity contribution < 1.29 is 12.8 Å². The van der Waals surface area contributed by atoms with Gasteiger partial charge in [-0.3, -0.25) is 0 Å². The molecule has 1 aromatic carbocycles. The Kier molecular flexibility index (Phi) is 3.02. The van der Waals surface area contributed by atoms with Crippen LogP contribution in [-0.4, -0.2) is 13.7 Å². The van der Waals surface area contributed by atoms with Crippen molar-refractivity contribution in [2.24, 2.45) is 0 Å². The molecule has 88 valence electrons. The van der Waals surface area contributed by atoms with Gasteiger partial charge in [-0.1, -0.05) is 12.5 Å². The Hall–Kier alpha value is -0.900. The summed E-state index contributed by atoms with van der Waals surface area (Å²) in [6.45, 7) is 1.74. The van der Waals surface area contributed by atoms with E-state index in [1.165, 1.54) is 12.1 Å². The molecule has 0 bridgehead atoms. The molecule has 0 spiro atoms. The standard InChI is InChI=1S/C12H15FO2S/c1-9-7-11(13)6-5-10(9)8-16(14,15)12-3-2-4-12/h5-7,12H,2-4,8H2,1H3. The van der Waals surface area contributed by atoms with Crippen molar-refractivity contribution in [1.29, 1.82) is 0 Å². The summed E-state index contributed by atoms with van der Waals surface area (Å²) in [5.41, 5.74) is 1.43. The number of sulfone groups is 1. The summed E-state index contributed by atoms with van der Waals surface area (Å²) >= 11 is 0. The lowest BCUT2D eigenvalue weighted by atomic mass is 10.00. The first-order chi connectivity index (χ1) is 7.49. The molecule has 1 aliphatic carbocycles. The molecule has 0 saturated heterocycles. The summed E-state index contributed by atoms with van der Waals surface area (Å²) in [5, 5.41) is -0.169. The van der Waals surface area contributed by atoms with E-state index >= 15 is 0 Å². The number of hydrogen-bond donors (Lipinski definition) is 0. The lowest BCUT2D eigenvalue weighted by Gasteiger charge is -2.25. The van der Waals surface area contributed by atoms with E-state index in [1.807, 2.05) is 0 Å². The zero-order valence-corrected chi connectivity index (χ0v) is 10.1. The summed E-state index contributed by atoms with van der Waals surface area (Å²) in [6.07, 6.45) is 2.57. The minimum Gasteiger partial charge on any atom is -0.228 e. The van der Waals surface area contributed by atoms with Crippen molar-refractivity contribution >= 4 is 9.84 Å². The minimum absolute atomic E-state index is 0.0454. The van der Waals surface area contributed by atoms with Crippen LogP contribution >= 0.6 is 0 Å². The highest BCUT2D eigenvalue weighted by atomic mass is 32.2. The fourth-order valence-corrected chi connectivity index (χ4v) is 3.93. The molecular weight excluding hydrogens is 227 g/mol. The van der Waals surface area contributed by atoms with E-state index in [9.17, 15) is 12.8 Å². The number of aryl methyl sites for hydroxylation is 1. The van der Waals surface area contributed by atoms with Crippen molar-refractivity contribution in [3.63, 3.8) is 0 Å². The number of hydrogen-bond acceptors (Lipinski definition) is 2. The van der Waals surface area contributed by atoms with Gasteiger partial charge in [0.2, 0.25) is 0 Å². The molecule has 4 heteroatoms. The molecule has 0 unspecified atom stereocenters. The number of benzene rings is 1. The van der Waals surface area contributed by atoms with Crippen LogP contribution in [-0.2, 0) is 15.6 Å². The Morgan fingerprint density at radius 3 is 2.56 bits per heavy atom. The van der Waals surface area contributed by atoms with E-state index in [0.717, 1.165) is 19.3 Å². The van der Waals surface area contributed by atoms with Crippen LogP contribution in [0.1, 0.15) is 30.4 Å². The number of rotatable bonds is 3. The molecule has 0 N–H and O–H groups in total. The van der Waals surface area contributed by atoms with Crippen molar-refractivity contribution in [2.45, 2.75) is 37.2 Å². The molecule has 0 radical (unpaired) electrons. The van der Waals surface area contributed by atoms with Gasteiger partial charge in [0.25, 0.3) is 0 Å². The Balaban J connectivity index is 2.20. The predicted molar refractivity (Wildman–Crippen MR) is 61.4 cm³/mol. The maximum Gasteiger partial charge on any atom is 0.157 e. The molecule has 1 aromatic rings. The van der Waals surface area contributed by atoms with Gasteiger partial charge in [-0.2, -0.15) is 0 Å². The van der Waals surface area contributed by atoms with Gasteiger partial charge in [0.1, 0.15) is 5.82 Å². The summed E-state index contributed by atoms with van der Waals surface area (Å²) in [7, 11) is -3.03. The molecule has 2 rings (SSSR count). The second kappa shape index (κ2) is 4.17. The van der Waals surface area contributed by atoms with Crippen LogP contribution < -0.4 is 0 Å². The largest absolute Gasteiger partial charge is 0.228 e. The van der Waals surface area contributed by atoms with Crippen molar-refractivity contribution in [2.75, 3.05) is 0 Å². The second-order valence-corrected chi connectivity index (χ2v) is 6.71. The fraction of sp³-hybridized carbons (Fsp3) is 0.500. The van der Waals surface area contributed by atoms with Crippen LogP contribution in [0.25, 0.3) is 0 Å². The van der Waals surface area contributed by atoms with Crippen molar-refractivity contribution in [3.8, 4) is 0 Å². The first-order valence-corrected chi connectivity index (χ1v) is 7.17. The summed E-state index contributed by atoms with van der Waals surface area (Å²) in [5.74, 6) is -0.272. The molecular formula is C12H15FO2S. The highest BCUT2D eigenvalue weighted by Gasteiger charge is 2.31. The lowest BCUT2D eigenvalue weighted by Crippen LogP contribution is -2.29. The minimum atomic E-state index is -3.03. The zero-order valence-electron chi connectivity index (χ0n) is 9.24. The first kappa shape index (κ1) is 11.6. The molecule has 1 saturated carbocycles. The van der Waals surface area contributed by atoms with Gasteiger partial charge in [0, 0.05) is 0 Å². The monoisotopic (exact) mass is 242 g/mol. The van der Waals surface area contributed by atoms with Crippen LogP contribution in [0, 0.1) is 12.7 Å². The van der Waals surface area contributed by atoms with Gasteiger partial charge >= 0.3 is 0 Å². The fourth-order valence-electron chi connectivity index (χ4n) is 1.89. The third kappa shape index (κ3) is 2.26. The Bertz CT molecular complexity index is 490. The molecule has 0 heterocycles. The molecule has 0 aromatic heterocycles. The van der Waals surface area contributed by atoms with Gasteiger partial charge in [0.15, 0.2) is 9.84 Å². The normalized spacial score (nSPS) is 17.1. The average molecular weight is 242 g/mol. The second-order valence-electron chi connectivity index (χ2n) is 4.43. The summed E-state index contributed by atoms with van der Waals surface area (Å²) in [4.78, 5) is 0. The SMILES string of the molecule is Cc1cc(F)ccc1CS(=O)(=O)C1CCC1. The van der Waals surface area contributed by atoms with E-state index in [1.54, 1.807) is 13.0 Å². The van der Waals surface area contributed by atoms with E-state index in [2.05, 4.69) is 0 Å². The molecule has 16 heavy (non-hydrogen) atoms. The molecule has 0 aliphatic heterocycles. The van der Waals surface area contributed by atoms with Crippen LogP contribution in [0.3, 0.4) is 0 Å². The Morgan fingerprint density at radius 2 is 2.06 bits per heavy atom. The smallest absolute Gasteiger partial charge is 0.157 e. The Morgan fingerprint density at radius 1 is 1.38 bits per heavy atom. The number of halogens is 1. The predicted octanol–water partition coefficient (Wildman–Crippen LogP) is 2.60. The van der Waals surface area contributed by atoms with E-state index < -0.39 is 9.84 Å². The van der Waals surface area contributed by atoms with Crippen LogP contribution in [0.5, 0.6) is 0 Å². The van der Waals surface area contributed by atoms with Gasteiger partial charge < -0.3 is 0 Å². The topological polar surface area (TPSA) is 34.1 Å². The van der Waals surface area contributed by atoms with Crippen molar-refractivity contribution in [3.05, 3.63) is 35.1 Å².